The molecule has 2 aromatic rings. The molecular weight excluding hydrogens is 302 g/mol. The van der Waals surface area contributed by atoms with Crippen LogP contribution in [0.3, 0.4) is 0 Å². The highest BCUT2D eigenvalue weighted by atomic mass is 16.4. The van der Waals surface area contributed by atoms with Gasteiger partial charge in [-0.3, -0.25) is 9.69 Å². The summed E-state index contributed by atoms with van der Waals surface area (Å²) in [6, 6.07) is 8.91. The molecule has 0 unspecified atom stereocenters. The predicted molar refractivity (Wildman–Crippen MR) is 96.7 cm³/mol. The van der Waals surface area contributed by atoms with Gasteiger partial charge in [-0.2, -0.15) is 0 Å². The monoisotopic (exact) mass is 327 g/mol. The summed E-state index contributed by atoms with van der Waals surface area (Å²) in [6.45, 7) is 6.16. The van der Waals surface area contributed by atoms with Crippen molar-refractivity contribution in [1.82, 2.24) is 9.88 Å². The Hall–Kier alpha value is -2.14. The van der Waals surface area contributed by atoms with Crippen molar-refractivity contribution in [1.29, 1.82) is 0 Å². The van der Waals surface area contributed by atoms with Gasteiger partial charge in [0.15, 0.2) is 0 Å². The number of piperidine rings is 1. The molecule has 2 heterocycles. The van der Waals surface area contributed by atoms with Crippen LogP contribution < -0.4 is 4.90 Å². The molecule has 0 bridgehead atoms. The second kappa shape index (κ2) is 6.77. The number of aromatic nitrogens is 1. The summed E-state index contributed by atoms with van der Waals surface area (Å²) in [7, 11) is 1.90. The zero-order valence-corrected chi connectivity index (χ0v) is 14.6. The predicted octanol–water partition coefficient (Wildman–Crippen LogP) is 2.84. The zero-order valence-electron chi connectivity index (χ0n) is 14.6. The molecule has 1 N–H and O–H groups in total. The first-order valence-electron chi connectivity index (χ1n) is 8.49. The summed E-state index contributed by atoms with van der Waals surface area (Å²) in [5, 5.41) is 10.1. The molecule has 1 fully saturated rings. The topological polar surface area (TPSA) is 56.7 Å². The summed E-state index contributed by atoms with van der Waals surface area (Å²) < 4.78 is 0. The third-order valence-electron chi connectivity index (χ3n) is 4.96. The van der Waals surface area contributed by atoms with E-state index in [0.717, 1.165) is 37.3 Å². The Morgan fingerprint density at radius 3 is 2.67 bits per heavy atom. The van der Waals surface area contributed by atoms with Crippen LogP contribution in [0, 0.1) is 13.8 Å². The van der Waals surface area contributed by atoms with E-state index < -0.39 is 5.97 Å². The molecule has 0 aliphatic carbocycles. The highest BCUT2D eigenvalue weighted by Gasteiger charge is 2.24. The van der Waals surface area contributed by atoms with Crippen molar-refractivity contribution in [2.45, 2.75) is 32.7 Å². The minimum absolute atomic E-state index is 0.108. The highest BCUT2D eigenvalue weighted by Crippen LogP contribution is 2.26. The average Bonchev–Trinajstić information content (AvgIpc) is 2.53. The molecular formula is C19H25N3O2. The Bertz CT molecular complexity index is 752. The van der Waals surface area contributed by atoms with Gasteiger partial charge in [0.2, 0.25) is 0 Å². The lowest BCUT2D eigenvalue weighted by Crippen LogP contribution is -2.45. The lowest BCUT2D eigenvalue weighted by molar-refractivity contribution is -0.138. The van der Waals surface area contributed by atoms with Crippen LogP contribution in [0.15, 0.2) is 24.3 Å². The molecule has 0 amide bonds. The van der Waals surface area contributed by atoms with Crippen molar-refractivity contribution < 1.29 is 9.90 Å². The van der Waals surface area contributed by atoms with Crippen molar-refractivity contribution in [3.63, 3.8) is 0 Å². The number of anilines is 1. The van der Waals surface area contributed by atoms with Gasteiger partial charge >= 0.3 is 5.97 Å². The molecule has 24 heavy (non-hydrogen) atoms. The maximum Gasteiger partial charge on any atom is 0.317 e. The van der Waals surface area contributed by atoms with Crippen LogP contribution in [0.4, 0.5) is 5.82 Å². The number of pyridine rings is 1. The van der Waals surface area contributed by atoms with Crippen LogP contribution in [0.2, 0.25) is 0 Å². The van der Waals surface area contributed by atoms with Gasteiger partial charge in [-0.15, -0.1) is 0 Å². The number of rotatable bonds is 4. The van der Waals surface area contributed by atoms with Crippen LogP contribution >= 0.6 is 0 Å². The van der Waals surface area contributed by atoms with E-state index in [1.165, 1.54) is 16.5 Å². The van der Waals surface area contributed by atoms with Crippen LogP contribution in [-0.4, -0.2) is 53.7 Å². The summed E-state index contributed by atoms with van der Waals surface area (Å²) >= 11 is 0. The molecule has 5 nitrogen and oxygen atoms in total. The van der Waals surface area contributed by atoms with Gasteiger partial charge < -0.3 is 10.0 Å². The number of carboxylic acid groups (broad SMARTS) is 1. The lowest BCUT2D eigenvalue weighted by Gasteiger charge is -2.37. The number of hydrogen-bond donors (Lipinski definition) is 1. The zero-order chi connectivity index (χ0) is 17.3. The van der Waals surface area contributed by atoms with E-state index in [1.807, 2.05) is 11.9 Å². The molecule has 0 saturated carbocycles. The standard InChI is InChI=1S/C19H25N3O2/c1-13-4-5-16-14(2)11-18(20-17(16)10-13)22-8-6-15(7-9-22)21(3)12-19(23)24/h4-5,10-11,15H,6-9,12H2,1-3H3,(H,23,24). The Kier molecular flexibility index (Phi) is 4.71. The SMILES string of the molecule is Cc1ccc2c(C)cc(N3CCC(N(C)CC(=O)O)CC3)nc2c1. The molecule has 0 atom stereocenters. The fraction of sp³-hybridized carbons (Fsp3) is 0.474. The summed E-state index contributed by atoms with van der Waals surface area (Å²) in [5.41, 5.74) is 3.52. The summed E-state index contributed by atoms with van der Waals surface area (Å²) in [5.74, 6) is 0.270. The van der Waals surface area contributed by atoms with E-state index in [1.54, 1.807) is 0 Å². The summed E-state index contributed by atoms with van der Waals surface area (Å²) in [6.07, 6.45) is 1.94. The van der Waals surface area contributed by atoms with Crippen molar-refractivity contribution in [2.24, 2.45) is 0 Å². The minimum Gasteiger partial charge on any atom is -0.480 e. The Morgan fingerprint density at radius 2 is 2.00 bits per heavy atom. The van der Waals surface area contributed by atoms with Crippen molar-refractivity contribution in [2.75, 3.05) is 31.6 Å². The van der Waals surface area contributed by atoms with Gasteiger partial charge in [0.25, 0.3) is 0 Å². The molecule has 5 heteroatoms. The third-order valence-corrected chi connectivity index (χ3v) is 4.96. The number of aliphatic carboxylic acids is 1. The number of hydrogen-bond acceptors (Lipinski definition) is 4. The van der Waals surface area contributed by atoms with Crippen LogP contribution in [-0.2, 0) is 4.79 Å². The molecule has 1 saturated heterocycles. The average molecular weight is 327 g/mol. The van der Waals surface area contributed by atoms with E-state index in [-0.39, 0.29) is 6.54 Å². The number of carboxylic acids is 1. The number of aryl methyl sites for hydroxylation is 2. The largest absolute Gasteiger partial charge is 0.480 e. The van der Waals surface area contributed by atoms with Crippen LogP contribution in [0.25, 0.3) is 10.9 Å². The molecule has 0 radical (unpaired) electrons. The molecule has 128 valence electrons. The Morgan fingerprint density at radius 1 is 1.29 bits per heavy atom. The number of benzene rings is 1. The van der Waals surface area contributed by atoms with E-state index in [9.17, 15) is 4.79 Å². The maximum atomic E-state index is 10.9. The fourth-order valence-corrected chi connectivity index (χ4v) is 3.53. The number of carbonyl (C=O) groups is 1. The van der Waals surface area contributed by atoms with Gasteiger partial charge in [-0.05, 0) is 57.0 Å². The second-order valence-electron chi connectivity index (χ2n) is 6.85. The Balaban J connectivity index is 1.74. The normalized spacial score (nSPS) is 16.1. The van der Waals surface area contributed by atoms with E-state index in [0.29, 0.717) is 6.04 Å². The molecule has 0 spiro atoms. The third kappa shape index (κ3) is 3.51. The first kappa shape index (κ1) is 16.7. The summed E-state index contributed by atoms with van der Waals surface area (Å²) in [4.78, 5) is 20.0. The molecule has 1 aliphatic heterocycles. The van der Waals surface area contributed by atoms with Gasteiger partial charge in [0.05, 0.1) is 12.1 Å². The number of nitrogens with zero attached hydrogens (tertiary/aromatic N) is 3. The molecule has 1 aliphatic rings. The maximum absolute atomic E-state index is 10.9. The smallest absolute Gasteiger partial charge is 0.317 e. The fourth-order valence-electron chi connectivity index (χ4n) is 3.53. The Labute approximate surface area is 142 Å². The highest BCUT2D eigenvalue weighted by molar-refractivity contribution is 5.84. The van der Waals surface area contributed by atoms with Gasteiger partial charge in [-0.1, -0.05) is 12.1 Å². The van der Waals surface area contributed by atoms with E-state index >= 15 is 0 Å². The van der Waals surface area contributed by atoms with Crippen LogP contribution in [0.1, 0.15) is 24.0 Å². The number of likely N-dealkylation sites (N-methyl/N-ethyl adjacent to an activating group) is 1. The van der Waals surface area contributed by atoms with Crippen molar-refractivity contribution >= 4 is 22.7 Å². The van der Waals surface area contributed by atoms with Crippen molar-refractivity contribution in [3.05, 3.63) is 35.4 Å². The minimum atomic E-state index is -0.762. The lowest BCUT2D eigenvalue weighted by atomic mass is 10.0. The molecule has 1 aromatic heterocycles. The van der Waals surface area contributed by atoms with Crippen LogP contribution in [0.5, 0.6) is 0 Å². The first-order chi connectivity index (χ1) is 11.4. The number of fused-ring (bicyclic) bond motifs is 1. The first-order valence-corrected chi connectivity index (χ1v) is 8.49. The molecule has 3 rings (SSSR count). The van der Waals surface area contributed by atoms with Gasteiger partial charge in [0.1, 0.15) is 5.82 Å². The second-order valence-corrected chi connectivity index (χ2v) is 6.85. The van der Waals surface area contributed by atoms with Gasteiger partial charge in [-0.25, -0.2) is 4.98 Å². The van der Waals surface area contributed by atoms with E-state index in [4.69, 9.17) is 10.1 Å². The molecule has 1 aromatic carbocycles. The quantitative estimate of drug-likeness (QED) is 0.936. The van der Waals surface area contributed by atoms with Crippen molar-refractivity contribution in [3.8, 4) is 0 Å². The van der Waals surface area contributed by atoms with Gasteiger partial charge in [0, 0.05) is 24.5 Å². The van der Waals surface area contributed by atoms with E-state index in [2.05, 4.69) is 43.0 Å².